The quantitative estimate of drug-likeness (QED) is 0.723. The van der Waals surface area contributed by atoms with Crippen molar-refractivity contribution in [2.24, 2.45) is 0 Å². The lowest BCUT2D eigenvalue weighted by molar-refractivity contribution is 0.414. The summed E-state index contributed by atoms with van der Waals surface area (Å²) in [5.41, 5.74) is 2.59. The summed E-state index contributed by atoms with van der Waals surface area (Å²) in [6, 6.07) is 18.6. The predicted molar refractivity (Wildman–Crippen MR) is 82.8 cm³/mol. The molecule has 0 fully saturated rings. The molecule has 0 aromatic heterocycles. The van der Waals surface area contributed by atoms with Gasteiger partial charge in [0.2, 0.25) is 0 Å². The molecule has 3 heteroatoms. The maximum atomic E-state index is 5.14. The first kappa shape index (κ1) is 14.6. The molecule has 2 rings (SSSR count). The number of nitrogens with one attached hydrogen (secondary N) is 2. The Morgan fingerprint density at radius 1 is 0.750 bits per heavy atom. The van der Waals surface area contributed by atoms with Gasteiger partial charge in [-0.15, -0.1) is 0 Å². The average Bonchev–Trinajstić information content (AvgIpc) is 2.52. The number of benzene rings is 2. The molecule has 0 aliphatic rings. The molecule has 0 amide bonds. The van der Waals surface area contributed by atoms with Gasteiger partial charge in [-0.3, -0.25) is 0 Å². The third-order valence-electron chi connectivity index (χ3n) is 3.14. The van der Waals surface area contributed by atoms with E-state index in [1.807, 2.05) is 18.2 Å². The van der Waals surface area contributed by atoms with Gasteiger partial charge in [-0.2, -0.15) is 0 Å². The van der Waals surface area contributed by atoms with E-state index < -0.39 is 0 Å². The summed E-state index contributed by atoms with van der Waals surface area (Å²) in [6.07, 6.45) is 0. The van der Waals surface area contributed by atoms with Gasteiger partial charge in [0.05, 0.1) is 7.11 Å². The zero-order valence-corrected chi connectivity index (χ0v) is 11.9. The molecule has 0 spiro atoms. The normalized spacial score (nSPS) is 10.4. The minimum absolute atomic E-state index is 0.886. The summed E-state index contributed by atoms with van der Waals surface area (Å²) in [4.78, 5) is 0. The lowest BCUT2D eigenvalue weighted by Gasteiger charge is -2.07. The molecular formula is C17H22N2O. The van der Waals surface area contributed by atoms with E-state index in [0.29, 0.717) is 0 Å². The van der Waals surface area contributed by atoms with Crippen LogP contribution in [0.1, 0.15) is 11.1 Å². The minimum atomic E-state index is 0.886. The van der Waals surface area contributed by atoms with Crippen LogP contribution in [0.4, 0.5) is 0 Å². The van der Waals surface area contributed by atoms with Crippen LogP contribution in [0.15, 0.2) is 54.6 Å². The van der Waals surface area contributed by atoms with Gasteiger partial charge in [-0.05, 0) is 23.3 Å². The zero-order valence-electron chi connectivity index (χ0n) is 11.9. The first-order chi connectivity index (χ1) is 9.88. The Balaban J connectivity index is 1.57. The van der Waals surface area contributed by atoms with E-state index in [4.69, 9.17) is 4.74 Å². The molecule has 0 radical (unpaired) electrons. The van der Waals surface area contributed by atoms with E-state index in [1.165, 1.54) is 11.1 Å². The Kier molecular flexibility index (Phi) is 6.08. The number of hydrogen-bond donors (Lipinski definition) is 2. The van der Waals surface area contributed by atoms with E-state index in [9.17, 15) is 0 Å². The van der Waals surface area contributed by atoms with Crippen LogP contribution < -0.4 is 15.4 Å². The number of ether oxygens (including phenoxy) is 1. The van der Waals surface area contributed by atoms with E-state index in [2.05, 4.69) is 47.0 Å². The Labute approximate surface area is 121 Å². The van der Waals surface area contributed by atoms with Crippen molar-refractivity contribution in [3.63, 3.8) is 0 Å². The van der Waals surface area contributed by atoms with Crippen molar-refractivity contribution in [3.05, 3.63) is 65.7 Å². The van der Waals surface area contributed by atoms with Gasteiger partial charge in [0.15, 0.2) is 0 Å². The fraction of sp³-hybridized carbons (Fsp3) is 0.294. The molecule has 0 aliphatic carbocycles. The van der Waals surface area contributed by atoms with Crippen molar-refractivity contribution in [2.45, 2.75) is 13.1 Å². The summed E-state index contributed by atoms with van der Waals surface area (Å²) >= 11 is 0. The van der Waals surface area contributed by atoms with Crippen LogP contribution in [-0.4, -0.2) is 20.2 Å². The van der Waals surface area contributed by atoms with Crippen LogP contribution in [0, 0.1) is 0 Å². The zero-order chi connectivity index (χ0) is 14.0. The van der Waals surface area contributed by atoms with Gasteiger partial charge in [-0.1, -0.05) is 42.5 Å². The van der Waals surface area contributed by atoms with Crippen molar-refractivity contribution >= 4 is 0 Å². The molecule has 20 heavy (non-hydrogen) atoms. The Morgan fingerprint density at radius 2 is 1.30 bits per heavy atom. The van der Waals surface area contributed by atoms with Crippen molar-refractivity contribution in [3.8, 4) is 5.75 Å². The third kappa shape index (κ3) is 5.03. The van der Waals surface area contributed by atoms with Gasteiger partial charge < -0.3 is 15.4 Å². The van der Waals surface area contributed by atoms with E-state index in [1.54, 1.807) is 7.11 Å². The molecule has 0 saturated heterocycles. The summed E-state index contributed by atoms with van der Waals surface area (Å²) < 4.78 is 5.14. The predicted octanol–water partition coefficient (Wildman–Crippen LogP) is 2.57. The molecular weight excluding hydrogens is 248 g/mol. The van der Waals surface area contributed by atoms with E-state index in [-0.39, 0.29) is 0 Å². The lowest BCUT2D eigenvalue weighted by atomic mass is 10.2. The molecule has 0 unspecified atom stereocenters. The monoisotopic (exact) mass is 270 g/mol. The second-order valence-corrected chi connectivity index (χ2v) is 4.69. The first-order valence-corrected chi connectivity index (χ1v) is 6.97. The number of hydrogen-bond acceptors (Lipinski definition) is 3. The maximum absolute atomic E-state index is 5.14. The van der Waals surface area contributed by atoms with Gasteiger partial charge in [0.1, 0.15) is 5.75 Å². The second kappa shape index (κ2) is 8.35. The smallest absolute Gasteiger partial charge is 0.118 e. The van der Waals surface area contributed by atoms with Gasteiger partial charge in [0.25, 0.3) is 0 Å². The summed E-state index contributed by atoms with van der Waals surface area (Å²) in [5, 5.41) is 6.85. The molecule has 0 atom stereocenters. The molecule has 106 valence electrons. The SMILES string of the molecule is COc1ccc(CNCCNCc2ccccc2)cc1. The Morgan fingerprint density at radius 3 is 1.85 bits per heavy atom. The highest BCUT2D eigenvalue weighted by Crippen LogP contribution is 2.10. The van der Waals surface area contributed by atoms with Crippen LogP contribution in [0.3, 0.4) is 0 Å². The number of methoxy groups -OCH3 is 1. The summed E-state index contributed by atoms with van der Waals surface area (Å²) in [6.45, 7) is 3.73. The Hall–Kier alpha value is -1.84. The Bertz CT molecular complexity index is 482. The fourth-order valence-corrected chi connectivity index (χ4v) is 1.98. The average molecular weight is 270 g/mol. The standard InChI is InChI=1S/C17H22N2O/c1-20-17-9-7-16(8-10-17)14-19-12-11-18-13-15-5-3-2-4-6-15/h2-10,18-19H,11-14H2,1H3. The van der Waals surface area contributed by atoms with Crippen molar-refractivity contribution < 1.29 is 4.74 Å². The third-order valence-corrected chi connectivity index (χ3v) is 3.14. The molecule has 0 bridgehead atoms. The van der Waals surface area contributed by atoms with Crippen molar-refractivity contribution in [2.75, 3.05) is 20.2 Å². The molecule has 0 saturated carbocycles. The highest BCUT2D eigenvalue weighted by Gasteiger charge is 1.94. The molecule has 3 nitrogen and oxygen atoms in total. The van der Waals surface area contributed by atoms with Crippen LogP contribution in [0.25, 0.3) is 0 Å². The summed E-state index contributed by atoms with van der Waals surface area (Å²) in [5.74, 6) is 0.901. The molecule has 0 aliphatic heterocycles. The van der Waals surface area contributed by atoms with Crippen molar-refractivity contribution in [1.82, 2.24) is 10.6 Å². The molecule has 2 N–H and O–H groups in total. The highest BCUT2D eigenvalue weighted by molar-refractivity contribution is 5.26. The molecule has 0 heterocycles. The van der Waals surface area contributed by atoms with E-state index >= 15 is 0 Å². The minimum Gasteiger partial charge on any atom is -0.497 e. The van der Waals surface area contributed by atoms with Gasteiger partial charge >= 0.3 is 0 Å². The number of rotatable bonds is 8. The van der Waals surface area contributed by atoms with Crippen LogP contribution in [-0.2, 0) is 13.1 Å². The van der Waals surface area contributed by atoms with Gasteiger partial charge in [-0.25, -0.2) is 0 Å². The van der Waals surface area contributed by atoms with Crippen molar-refractivity contribution in [1.29, 1.82) is 0 Å². The van der Waals surface area contributed by atoms with E-state index in [0.717, 1.165) is 31.9 Å². The second-order valence-electron chi connectivity index (χ2n) is 4.69. The molecule has 2 aromatic carbocycles. The lowest BCUT2D eigenvalue weighted by Crippen LogP contribution is -2.26. The molecule has 2 aromatic rings. The largest absolute Gasteiger partial charge is 0.497 e. The maximum Gasteiger partial charge on any atom is 0.118 e. The van der Waals surface area contributed by atoms with Crippen LogP contribution >= 0.6 is 0 Å². The topological polar surface area (TPSA) is 33.3 Å². The fourth-order valence-electron chi connectivity index (χ4n) is 1.98. The first-order valence-electron chi connectivity index (χ1n) is 6.97. The van der Waals surface area contributed by atoms with Crippen LogP contribution in [0.5, 0.6) is 5.75 Å². The highest BCUT2D eigenvalue weighted by atomic mass is 16.5. The van der Waals surface area contributed by atoms with Crippen LogP contribution in [0.2, 0.25) is 0 Å². The summed E-state index contributed by atoms with van der Waals surface area (Å²) in [7, 11) is 1.69. The van der Waals surface area contributed by atoms with Gasteiger partial charge in [0, 0.05) is 26.2 Å².